The van der Waals surface area contributed by atoms with Crippen LogP contribution in [-0.4, -0.2) is 24.4 Å². The lowest BCUT2D eigenvalue weighted by atomic mass is 10.1. The van der Waals surface area contributed by atoms with E-state index in [4.69, 9.17) is 0 Å². The summed E-state index contributed by atoms with van der Waals surface area (Å²) in [4.78, 5) is 25.5. The summed E-state index contributed by atoms with van der Waals surface area (Å²) < 4.78 is 14.0. The van der Waals surface area contributed by atoms with E-state index < -0.39 is 11.9 Å². The number of amides is 2. The first-order valence-electron chi connectivity index (χ1n) is 6.89. The third kappa shape index (κ3) is 2.98. The van der Waals surface area contributed by atoms with Crippen LogP contribution >= 0.6 is 0 Å². The van der Waals surface area contributed by atoms with Gasteiger partial charge >= 0.3 is 0 Å². The second-order valence-electron chi connectivity index (χ2n) is 5.10. The first-order chi connectivity index (χ1) is 9.52. The predicted molar refractivity (Wildman–Crippen MR) is 74.9 cm³/mol. The molecule has 0 radical (unpaired) electrons. The Labute approximate surface area is 118 Å². The molecule has 0 aromatic heterocycles. The van der Waals surface area contributed by atoms with Crippen LogP contribution in [0.15, 0.2) is 18.2 Å². The summed E-state index contributed by atoms with van der Waals surface area (Å²) in [6.45, 7) is 4.01. The van der Waals surface area contributed by atoms with Gasteiger partial charge in [0, 0.05) is 13.0 Å². The van der Waals surface area contributed by atoms with Crippen molar-refractivity contribution in [1.29, 1.82) is 0 Å². The maximum absolute atomic E-state index is 14.0. The van der Waals surface area contributed by atoms with Crippen molar-refractivity contribution in [2.45, 2.75) is 39.2 Å². The summed E-state index contributed by atoms with van der Waals surface area (Å²) in [5.74, 6) is -0.830. The second-order valence-corrected chi connectivity index (χ2v) is 5.10. The Morgan fingerprint density at radius 2 is 2.15 bits per heavy atom. The van der Waals surface area contributed by atoms with Crippen molar-refractivity contribution in [2.24, 2.45) is 0 Å². The Kier molecular flexibility index (Phi) is 4.37. The first-order valence-corrected chi connectivity index (χ1v) is 6.89. The van der Waals surface area contributed by atoms with E-state index in [1.54, 1.807) is 12.1 Å². The van der Waals surface area contributed by atoms with Gasteiger partial charge in [0.15, 0.2) is 0 Å². The zero-order valence-electron chi connectivity index (χ0n) is 11.8. The number of aryl methyl sites for hydroxylation is 1. The number of carbonyl (C=O) groups excluding carboxylic acids is 2. The standard InChI is InChI=1S/C15H19FN2O2/c1-3-4-12-15(20)18(8-7-14(19)17-12)13-9-10(2)5-6-11(13)16/h5-6,9,12H,3-4,7-8H2,1-2H3,(H,17,19). The molecule has 0 aliphatic carbocycles. The van der Waals surface area contributed by atoms with Gasteiger partial charge in [-0.25, -0.2) is 4.39 Å². The van der Waals surface area contributed by atoms with Crippen LogP contribution in [0.5, 0.6) is 0 Å². The van der Waals surface area contributed by atoms with Gasteiger partial charge in [0.25, 0.3) is 0 Å². The number of anilines is 1. The highest BCUT2D eigenvalue weighted by Crippen LogP contribution is 2.23. The molecule has 0 saturated carbocycles. The van der Waals surface area contributed by atoms with Crippen molar-refractivity contribution in [3.63, 3.8) is 0 Å². The lowest BCUT2D eigenvalue weighted by Crippen LogP contribution is -2.45. The molecule has 1 N–H and O–H groups in total. The van der Waals surface area contributed by atoms with Crippen LogP contribution < -0.4 is 10.2 Å². The summed E-state index contributed by atoms with van der Waals surface area (Å²) in [5.41, 5.74) is 1.14. The molecule has 108 valence electrons. The summed E-state index contributed by atoms with van der Waals surface area (Å²) in [6.07, 6.45) is 1.54. The van der Waals surface area contributed by atoms with Crippen LogP contribution in [0.2, 0.25) is 0 Å². The smallest absolute Gasteiger partial charge is 0.249 e. The number of carbonyl (C=O) groups is 2. The molecule has 4 nitrogen and oxygen atoms in total. The van der Waals surface area contributed by atoms with Gasteiger partial charge in [0.2, 0.25) is 11.8 Å². The van der Waals surface area contributed by atoms with Crippen molar-refractivity contribution in [3.05, 3.63) is 29.6 Å². The molecule has 5 heteroatoms. The van der Waals surface area contributed by atoms with E-state index in [0.29, 0.717) is 6.42 Å². The van der Waals surface area contributed by atoms with Crippen LogP contribution in [0.4, 0.5) is 10.1 Å². The fourth-order valence-corrected chi connectivity index (χ4v) is 2.39. The Morgan fingerprint density at radius 3 is 2.85 bits per heavy atom. The van der Waals surface area contributed by atoms with E-state index in [1.165, 1.54) is 11.0 Å². The highest BCUT2D eigenvalue weighted by Gasteiger charge is 2.31. The minimum absolute atomic E-state index is 0.160. The van der Waals surface area contributed by atoms with Crippen molar-refractivity contribution in [2.75, 3.05) is 11.4 Å². The molecular formula is C15H19FN2O2. The van der Waals surface area contributed by atoms with E-state index in [-0.39, 0.29) is 30.5 Å². The SMILES string of the molecule is CCCC1NC(=O)CCN(c2cc(C)ccc2F)C1=O. The van der Waals surface area contributed by atoms with Crippen LogP contribution in [0.3, 0.4) is 0 Å². The van der Waals surface area contributed by atoms with Gasteiger partial charge in [0.05, 0.1) is 5.69 Å². The van der Waals surface area contributed by atoms with Crippen LogP contribution in [0.1, 0.15) is 31.7 Å². The zero-order valence-corrected chi connectivity index (χ0v) is 11.8. The van der Waals surface area contributed by atoms with Gasteiger partial charge in [0.1, 0.15) is 11.9 Å². The molecule has 2 amide bonds. The third-order valence-corrected chi connectivity index (χ3v) is 3.43. The van der Waals surface area contributed by atoms with E-state index in [0.717, 1.165) is 12.0 Å². The summed E-state index contributed by atoms with van der Waals surface area (Å²) in [5, 5.41) is 2.71. The lowest BCUT2D eigenvalue weighted by Gasteiger charge is -2.24. The van der Waals surface area contributed by atoms with E-state index in [9.17, 15) is 14.0 Å². The largest absolute Gasteiger partial charge is 0.344 e. The number of rotatable bonds is 3. The lowest BCUT2D eigenvalue weighted by molar-refractivity contribution is -0.125. The number of nitrogens with zero attached hydrogens (tertiary/aromatic N) is 1. The quantitative estimate of drug-likeness (QED) is 0.921. The number of nitrogens with one attached hydrogen (secondary N) is 1. The van der Waals surface area contributed by atoms with Gasteiger partial charge in [-0.05, 0) is 31.0 Å². The topological polar surface area (TPSA) is 49.4 Å². The molecule has 1 atom stereocenters. The second kappa shape index (κ2) is 6.03. The van der Waals surface area contributed by atoms with Crippen LogP contribution in [0.25, 0.3) is 0 Å². The molecule has 1 heterocycles. The van der Waals surface area contributed by atoms with Crippen molar-refractivity contribution >= 4 is 17.5 Å². The summed E-state index contributed by atoms with van der Waals surface area (Å²) in [7, 11) is 0. The minimum Gasteiger partial charge on any atom is -0.344 e. The molecule has 1 aliphatic rings. The molecule has 0 spiro atoms. The summed E-state index contributed by atoms with van der Waals surface area (Å²) in [6, 6.07) is 4.10. The molecule has 0 bridgehead atoms. The zero-order chi connectivity index (χ0) is 14.7. The predicted octanol–water partition coefficient (Wildman–Crippen LogP) is 2.16. The average molecular weight is 278 g/mol. The monoisotopic (exact) mass is 278 g/mol. The molecule has 1 unspecified atom stereocenters. The third-order valence-electron chi connectivity index (χ3n) is 3.43. The Hall–Kier alpha value is -1.91. The fourth-order valence-electron chi connectivity index (χ4n) is 2.39. The molecule has 20 heavy (non-hydrogen) atoms. The highest BCUT2D eigenvalue weighted by atomic mass is 19.1. The number of benzene rings is 1. The van der Waals surface area contributed by atoms with Crippen LogP contribution in [-0.2, 0) is 9.59 Å². The van der Waals surface area contributed by atoms with Crippen LogP contribution in [0, 0.1) is 12.7 Å². The van der Waals surface area contributed by atoms with Gasteiger partial charge in [-0.3, -0.25) is 9.59 Å². The molecule has 1 aromatic rings. The average Bonchev–Trinajstić information content (AvgIpc) is 2.54. The van der Waals surface area contributed by atoms with Crippen molar-refractivity contribution < 1.29 is 14.0 Å². The number of hydrogen-bond donors (Lipinski definition) is 1. The van der Waals surface area contributed by atoms with E-state index >= 15 is 0 Å². The van der Waals surface area contributed by atoms with Gasteiger partial charge in [-0.1, -0.05) is 19.4 Å². The highest BCUT2D eigenvalue weighted by molar-refractivity contribution is 6.01. The van der Waals surface area contributed by atoms with Crippen molar-refractivity contribution in [1.82, 2.24) is 5.32 Å². The maximum atomic E-state index is 14.0. The molecule has 1 fully saturated rings. The molecule has 1 aromatic carbocycles. The van der Waals surface area contributed by atoms with Gasteiger partial charge in [-0.15, -0.1) is 0 Å². The molecule has 1 aliphatic heterocycles. The molecule has 1 saturated heterocycles. The normalized spacial score (nSPS) is 19.8. The Balaban J connectivity index is 2.35. The van der Waals surface area contributed by atoms with E-state index in [2.05, 4.69) is 5.32 Å². The number of hydrogen-bond acceptors (Lipinski definition) is 2. The molecule has 2 rings (SSSR count). The minimum atomic E-state index is -0.560. The fraction of sp³-hybridized carbons (Fsp3) is 0.467. The summed E-state index contributed by atoms with van der Waals surface area (Å²) >= 11 is 0. The number of halogens is 1. The van der Waals surface area contributed by atoms with E-state index in [1.807, 2.05) is 13.8 Å². The van der Waals surface area contributed by atoms with Gasteiger partial charge in [-0.2, -0.15) is 0 Å². The Morgan fingerprint density at radius 1 is 1.40 bits per heavy atom. The van der Waals surface area contributed by atoms with Crippen molar-refractivity contribution in [3.8, 4) is 0 Å². The maximum Gasteiger partial charge on any atom is 0.249 e. The first kappa shape index (κ1) is 14.5. The Bertz CT molecular complexity index is 531. The molecular weight excluding hydrogens is 259 g/mol. The van der Waals surface area contributed by atoms with Gasteiger partial charge < -0.3 is 10.2 Å².